The molecule has 3 aromatic rings. The van der Waals surface area contributed by atoms with Gasteiger partial charge in [0, 0.05) is 11.1 Å². The Balaban J connectivity index is 1.75. The number of H-pyrrole nitrogens is 1. The van der Waals surface area contributed by atoms with Crippen LogP contribution in [0.3, 0.4) is 0 Å². The normalized spacial score (nSPS) is 12.4. The highest BCUT2D eigenvalue weighted by molar-refractivity contribution is 6.03. The number of aromatic nitrogens is 2. The Morgan fingerprint density at radius 3 is 2.48 bits per heavy atom. The average molecular weight is 334 g/mol. The van der Waals surface area contributed by atoms with Crippen LogP contribution in [-0.2, 0) is 5.41 Å². The van der Waals surface area contributed by atoms with Gasteiger partial charge in [-0.2, -0.15) is 10.2 Å². The maximum atomic E-state index is 12.2. The zero-order valence-electron chi connectivity index (χ0n) is 14.9. The highest BCUT2D eigenvalue weighted by atomic mass is 16.2. The summed E-state index contributed by atoms with van der Waals surface area (Å²) in [7, 11) is 0. The fraction of sp³-hybridized carbons (Fsp3) is 0.250. The van der Waals surface area contributed by atoms with Crippen LogP contribution >= 0.6 is 0 Å². The molecule has 0 spiro atoms. The van der Waals surface area contributed by atoms with E-state index in [4.69, 9.17) is 0 Å². The van der Waals surface area contributed by atoms with E-state index in [0.717, 1.165) is 22.4 Å². The van der Waals surface area contributed by atoms with Gasteiger partial charge in [-0.25, -0.2) is 5.43 Å². The summed E-state index contributed by atoms with van der Waals surface area (Å²) < 4.78 is 0. The molecule has 0 unspecified atom stereocenters. The SMILES string of the molecule is C/C(=N/NC(=O)c1cc(C(C)(C)C)[nH]n1)c1ccc2ccccc2c1. The molecule has 1 heterocycles. The van der Waals surface area contributed by atoms with Crippen LogP contribution in [0.4, 0.5) is 0 Å². The second-order valence-corrected chi connectivity index (χ2v) is 7.12. The van der Waals surface area contributed by atoms with Crippen molar-refractivity contribution in [2.24, 2.45) is 5.10 Å². The Morgan fingerprint density at radius 1 is 1.08 bits per heavy atom. The van der Waals surface area contributed by atoms with Gasteiger partial charge in [0.15, 0.2) is 5.69 Å². The van der Waals surface area contributed by atoms with Crippen LogP contribution in [-0.4, -0.2) is 21.8 Å². The van der Waals surface area contributed by atoms with Gasteiger partial charge in [-0.3, -0.25) is 9.89 Å². The summed E-state index contributed by atoms with van der Waals surface area (Å²) >= 11 is 0. The monoisotopic (exact) mass is 334 g/mol. The largest absolute Gasteiger partial charge is 0.291 e. The average Bonchev–Trinajstić information content (AvgIpc) is 3.09. The molecule has 0 atom stereocenters. The zero-order chi connectivity index (χ0) is 18.0. The zero-order valence-corrected chi connectivity index (χ0v) is 14.9. The van der Waals surface area contributed by atoms with Crippen molar-refractivity contribution in [2.45, 2.75) is 33.1 Å². The summed E-state index contributed by atoms with van der Waals surface area (Å²) in [5, 5.41) is 13.5. The van der Waals surface area contributed by atoms with E-state index in [9.17, 15) is 4.79 Å². The Labute approximate surface area is 147 Å². The number of nitrogens with zero attached hydrogens (tertiary/aromatic N) is 2. The van der Waals surface area contributed by atoms with E-state index < -0.39 is 0 Å². The number of rotatable bonds is 3. The number of fused-ring (bicyclic) bond motifs is 1. The van der Waals surface area contributed by atoms with Crippen molar-refractivity contribution in [3.8, 4) is 0 Å². The van der Waals surface area contributed by atoms with Crippen molar-refractivity contribution in [2.75, 3.05) is 0 Å². The van der Waals surface area contributed by atoms with Crippen molar-refractivity contribution in [3.05, 3.63) is 65.5 Å². The Bertz CT molecular complexity index is 947. The van der Waals surface area contributed by atoms with Gasteiger partial charge < -0.3 is 0 Å². The third-order valence-corrected chi connectivity index (χ3v) is 4.11. The van der Waals surface area contributed by atoms with Gasteiger partial charge in [0.1, 0.15) is 0 Å². The third kappa shape index (κ3) is 3.76. The van der Waals surface area contributed by atoms with Gasteiger partial charge in [-0.1, -0.05) is 57.2 Å². The highest BCUT2D eigenvalue weighted by Crippen LogP contribution is 2.20. The first-order valence-corrected chi connectivity index (χ1v) is 8.24. The minimum atomic E-state index is -0.327. The summed E-state index contributed by atoms with van der Waals surface area (Å²) in [6.45, 7) is 8.05. The Kier molecular flexibility index (Phi) is 4.40. The Hall–Kier alpha value is -2.95. The quantitative estimate of drug-likeness (QED) is 0.561. The molecular weight excluding hydrogens is 312 g/mol. The maximum Gasteiger partial charge on any atom is 0.291 e. The van der Waals surface area contributed by atoms with Gasteiger partial charge in [0.2, 0.25) is 0 Å². The standard InChI is InChI=1S/C20H22N4O/c1-13(15-10-9-14-7-5-6-8-16(14)11-15)21-24-19(25)17-12-18(23-22-17)20(2,3)4/h5-12H,1-4H3,(H,22,23)(H,24,25)/b21-13-. The molecule has 0 aliphatic heterocycles. The molecule has 1 amide bonds. The molecule has 0 aliphatic rings. The van der Waals surface area contributed by atoms with Crippen LogP contribution in [0.15, 0.2) is 53.6 Å². The lowest BCUT2D eigenvalue weighted by Crippen LogP contribution is -2.19. The summed E-state index contributed by atoms with van der Waals surface area (Å²) in [5.74, 6) is -0.327. The smallest absolute Gasteiger partial charge is 0.281 e. The number of benzene rings is 2. The molecule has 128 valence electrons. The molecule has 1 aromatic heterocycles. The van der Waals surface area contributed by atoms with E-state index in [1.165, 1.54) is 5.39 Å². The van der Waals surface area contributed by atoms with Gasteiger partial charge >= 0.3 is 0 Å². The van der Waals surface area contributed by atoms with Crippen LogP contribution in [0.25, 0.3) is 10.8 Å². The fourth-order valence-electron chi connectivity index (χ4n) is 2.49. The summed E-state index contributed by atoms with van der Waals surface area (Å²) in [5.41, 5.74) is 5.44. The molecular formula is C20H22N4O. The predicted octanol–water partition coefficient (Wildman–Crippen LogP) is 4.01. The number of hydrogen-bond donors (Lipinski definition) is 2. The van der Waals surface area contributed by atoms with Gasteiger partial charge in [-0.15, -0.1) is 0 Å². The first-order chi connectivity index (χ1) is 11.8. The minimum Gasteiger partial charge on any atom is -0.281 e. The molecule has 0 fully saturated rings. The molecule has 25 heavy (non-hydrogen) atoms. The second-order valence-electron chi connectivity index (χ2n) is 7.12. The molecule has 5 heteroatoms. The fourth-order valence-corrected chi connectivity index (χ4v) is 2.49. The molecule has 0 saturated carbocycles. The van der Waals surface area contributed by atoms with Crippen LogP contribution in [0.2, 0.25) is 0 Å². The van der Waals surface area contributed by atoms with Crippen LogP contribution < -0.4 is 5.43 Å². The van der Waals surface area contributed by atoms with E-state index in [1.54, 1.807) is 6.07 Å². The van der Waals surface area contributed by atoms with Crippen LogP contribution in [0.1, 0.15) is 49.4 Å². The van der Waals surface area contributed by atoms with E-state index >= 15 is 0 Å². The lowest BCUT2D eigenvalue weighted by atomic mass is 9.92. The minimum absolute atomic E-state index is 0.0875. The number of carbonyl (C=O) groups excluding carboxylic acids is 1. The summed E-state index contributed by atoms with van der Waals surface area (Å²) in [6, 6.07) is 16.0. The topological polar surface area (TPSA) is 70.1 Å². The molecule has 0 aliphatic carbocycles. The number of nitrogens with one attached hydrogen (secondary N) is 2. The molecule has 2 aromatic carbocycles. The van der Waals surface area contributed by atoms with E-state index in [2.05, 4.69) is 65.8 Å². The number of hydrogen-bond acceptors (Lipinski definition) is 3. The van der Waals surface area contributed by atoms with Crippen molar-refractivity contribution in [1.82, 2.24) is 15.6 Å². The lowest BCUT2D eigenvalue weighted by Gasteiger charge is -2.14. The second kappa shape index (κ2) is 6.51. The molecule has 5 nitrogen and oxygen atoms in total. The third-order valence-electron chi connectivity index (χ3n) is 4.11. The lowest BCUT2D eigenvalue weighted by molar-refractivity contribution is 0.0950. The van der Waals surface area contributed by atoms with Crippen molar-refractivity contribution in [3.63, 3.8) is 0 Å². The van der Waals surface area contributed by atoms with Crippen molar-refractivity contribution >= 4 is 22.4 Å². The number of hydrazone groups is 1. The summed E-state index contributed by atoms with van der Waals surface area (Å²) in [6.07, 6.45) is 0. The van der Waals surface area contributed by atoms with E-state index in [1.807, 2.05) is 25.1 Å². The maximum absolute atomic E-state index is 12.2. The molecule has 2 N–H and O–H groups in total. The highest BCUT2D eigenvalue weighted by Gasteiger charge is 2.19. The molecule has 3 rings (SSSR count). The van der Waals surface area contributed by atoms with Crippen LogP contribution in [0, 0.1) is 0 Å². The van der Waals surface area contributed by atoms with Gasteiger partial charge in [-0.05, 0) is 35.4 Å². The van der Waals surface area contributed by atoms with E-state index in [-0.39, 0.29) is 11.3 Å². The molecule has 0 radical (unpaired) electrons. The van der Waals surface area contributed by atoms with Gasteiger partial charge in [0.25, 0.3) is 5.91 Å². The number of amides is 1. The number of aromatic amines is 1. The van der Waals surface area contributed by atoms with E-state index in [0.29, 0.717) is 5.69 Å². The number of carbonyl (C=O) groups is 1. The molecule has 0 bridgehead atoms. The molecule has 0 saturated heterocycles. The van der Waals surface area contributed by atoms with Crippen molar-refractivity contribution in [1.29, 1.82) is 0 Å². The first-order valence-electron chi connectivity index (χ1n) is 8.24. The van der Waals surface area contributed by atoms with Gasteiger partial charge in [0.05, 0.1) is 5.71 Å². The first kappa shape index (κ1) is 16.9. The Morgan fingerprint density at radius 2 is 1.80 bits per heavy atom. The predicted molar refractivity (Wildman–Crippen MR) is 101 cm³/mol. The summed E-state index contributed by atoms with van der Waals surface area (Å²) in [4.78, 5) is 12.2. The van der Waals surface area contributed by atoms with Crippen molar-refractivity contribution < 1.29 is 4.79 Å². The van der Waals surface area contributed by atoms with Crippen LogP contribution in [0.5, 0.6) is 0 Å².